The number of aliphatic carboxylic acids is 1. The van der Waals surface area contributed by atoms with Gasteiger partial charge in [0, 0.05) is 23.7 Å². The van der Waals surface area contributed by atoms with E-state index in [2.05, 4.69) is 6.92 Å². The SMILES string of the molecule is CCCCN(C(=O)C(C)=C(C)C(=O)O)C(C)CC. The van der Waals surface area contributed by atoms with Gasteiger partial charge >= 0.3 is 5.97 Å². The zero-order valence-corrected chi connectivity index (χ0v) is 12.1. The Hall–Kier alpha value is -1.32. The van der Waals surface area contributed by atoms with Crippen molar-refractivity contribution in [3.63, 3.8) is 0 Å². The van der Waals surface area contributed by atoms with E-state index in [1.165, 1.54) is 6.92 Å². The molecule has 0 saturated heterocycles. The highest BCUT2D eigenvalue weighted by molar-refractivity contribution is 6.01. The van der Waals surface area contributed by atoms with Crippen LogP contribution in [-0.4, -0.2) is 34.5 Å². The fourth-order valence-electron chi connectivity index (χ4n) is 1.61. The first-order valence-corrected chi connectivity index (χ1v) is 6.58. The van der Waals surface area contributed by atoms with Gasteiger partial charge in [-0.05, 0) is 33.6 Å². The van der Waals surface area contributed by atoms with Gasteiger partial charge in [-0.25, -0.2) is 4.79 Å². The van der Waals surface area contributed by atoms with Gasteiger partial charge in [0.05, 0.1) is 0 Å². The molecule has 0 bridgehead atoms. The lowest BCUT2D eigenvalue weighted by Gasteiger charge is -2.29. The third-order valence-corrected chi connectivity index (χ3v) is 3.34. The quantitative estimate of drug-likeness (QED) is 0.712. The molecular formula is C14H25NO3. The van der Waals surface area contributed by atoms with Crippen LogP contribution in [0.4, 0.5) is 0 Å². The van der Waals surface area contributed by atoms with Crippen molar-refractivity contribution >= 4 is 11.9 Å². The molecule has 0 fully saturated rings. The Bertz CT molecular complexity index is 334. The number of carbonyl (C=O) groups is 2. The maximum atomic E-state index is 12.3. The molecule has 0 saturated carbocycles. The Kier molecular flexibility index (Phi) is 7.32. The zero-order chi connectivity index (χ0) is 14.3. The molecule has 4 heteroatoms. The largest absolute Gasteiger partial charge is 0.478 e. The van der Waals surface area contributed by atoms with Gasteiger partial charge in [-0.15, -0.1) is 0 Å². The van der Waals surface area contributed by atoms with Crippen molar-refractivity contribution in [3.8, 4) is 0 Å². The van der Waals surface area contributed by atoms with E-state index in [-0.39, 0.29) is 17.5 Å². The monoisotopic (exact) mass is 255 g/mol. The minimum atomic E-state index is -1.03. The van der Waals surface area contributed by atoms with E-state index in [1.807, 2.05) is 13.8 Å². The summed E-state index contributed by atoms with van der Waals surface area (Å²) in [5.41, 5.74) is 0.462. The second-order valence-electron chi connectivity index (χ2n) is 4.66. The minimum absolute atomic E-state index is 0.129. The first-order valence-electron chi connectivity index (χ1n) is 6.58. The summed E-state index contributed by atoms with van der Waals surface area (Å²) in [5.74, 6) is -1.18. The van der Waals surface area contributed by atoms with Crippen molar-refractivity contribution in [2.75, 3.05) is 6.54 Å². The van der Waals surface area contributed by atoms with Crippen LogP contribution in [0, 0.1) is 0 Å². The fourth-order valence-corrected chi connectivity index (χ4v) is 1.61. The van der Waals surface area contributed by atoms with Crippen LogP contribution in [0.1, 0.15) is 53.9 Å². The van der Waals surface area contributed by atoms with Gasteiger partial charge in [0.1, 0.15) is 0 Å². The van der Waals surface area contributed by atoms with Crippen LogP contribution in [0.2, 0.25) is 0 Å². The summed E-state index contributed by atoms with van der Waals surface area (Å²) >= 11 is 0. The van der Waals surface area contributed by atoms with Crippen molar-refractivity contribution in [3.05, 3.63) is 11.1 Å². The third-order valence-electron chi connectivity index (χ3n) is 3.34. The molecule has 4 nitrogen and oxygen atoms in total. The molecule has 104 valence electrons. The predicted molar refractivity (Wildman–Crippen MR) is 72.4 cm³/mol. The number of nitrogens with zero attached hydrogens (tertiary/aromatic N) is 1. The number of hydrogen-bond acceptors (Lipinski definition) is 2. The maximum absolute atomic E-state index is 12.3. The van der Waals surface area contributed by atoms with E-state index in [1.54, 1.807) is 11.8 Å². The predicted octanol–water partition coefficient (Wildman–Crippen LogP) is 2.83. The maximum Gasteiger partial charge on any atom is 0.331 e. The summed E-state index contributed by atoms with van der Waals surface area (Å²) in [6.45, 7) is 9.85. The number of amides is 1. The molecule has 0 aliphatic heterocycles. The number of hydrogen-bond donors (Lipinski definition) is 1. The summed E-state index contributed by atoms with van der Waals surface area (Å²) in [5, 5.41) is 8.93. The molecule has 0 spiro atoms. The molecular weight excluding hydrogens is 230 g/mol. The smallest absolute Gasteiger partial charge is 0.331 e. The van der Waals surface area contributed by atoms with Crippen molar-refractivity contribution in [2.45, 2.75) is 59.9 Å². The number of rotatable bonds is 7. The van der Waals surface area contributed by atoms with Gasteiger partial charge in [0.15, 0.2) is 0 Å². The summed E-state index contributed by atoms with van der Waals surface area (Å²) < 4.78 is 0. The molecule has 0 aliphatic carbocycles. The lowest BCUT2D eigenvalue weighted by molar-refractivity contribution is -0.134. The Morgan fingerprint density at radius 1 is 1.17 bits per heavy atom. The lowest BCUT2D eigenvalue weighted by atomic mass is 10.1. The summed E-state index contributed by atoms with van der Waals surface area (Å²) in [6, 6.07) is 0.139. The van der Waals surface area contributed by atoms with Crippen LogP contribution in [0.15, 0.2) is 11.1 Å². The highest BCUT2D eigenvalue weighted by atomic mass is 16.4. The second-order valence-corrected chi connectivity index (χ2v) is 4.66. The summed E-state index contributed by atoms with van der Waals surface area (Å²) in [6.07, 6.45) is 2.82. The molecule has 1 amide bonds. The van der Waals surface area contributed by atoms with Gasteiger partial charge < -0.3 is 10.0 Å². The molecule has 0 radical (unpaired) electrons. The minimum Gasteiger partial charge on any atom is -0.478 e. The average Bonchev–Trinajstić information content (AvgIpc) is 2.36. The lowest BCUT2D eigenvalue weighted by Crippen LogP contribution is -2.40. The molecule has 1 N–H and O–H groups in total. The fraction of sp³-hybridized carbons (Fsp3) is 0.714. The van der Waals surface area contributed by atoms with E-state index in [9.17, 15) is 9.59 Å². The van der Waals surface area contributed by atoms with Crippen molar-refractivity contribution in [2.24, 2.45) is 0 Å². The van der Waals surface area contributed by atoms with Crippen molar-refractivity contribution in [1.82, 2.24) is 4.90 Å². The van der Waals surface area contributed by atoms with Crippen LogP contribution in [0.5, 0.6) is 0 Å². The highest BCUT2D eigenvalue weighted by Crippen LogP contribution is 2.13. The van der Waals surface area contributed by atoms with Gasteiger partial charge in [-0.1, -0.05) is 20.3 Å². The van der Waals surface area contributed by atoms with Crippen molar-refractivity contribution < 1.29 is 14.7 Å². The molecule has 1 atom stereocenters. The van der Waals surface area contributed by atoms with Crippen LogP contribution in [-0.2, 0) is 9.59 Å². The van der Waals surface area contributed by atoms with Gasteiger partial charge in [-0.3, -0.25) is 4.79 Å². The molecule has 0 heterocycles. The average molecular weight is 255 g/mol. The first kappa shape index (κ1) is 16.7. The number of unbranched alkanes of at least 4 members (excludes halogenated alkanes) is 1. The van der Waals surface area contributed by atoms with E-state index < -0.39 is 5.97 Å². The Balaban J connectivity index is 5.07. The molecule has 18 heavy (non-hydrogen) atoms. The Morgan fingerprint density at radius 2 is 1.72 bits per heavy atom. The Morgan fingerprint density at radius 3 is 2.11 bits per heavy atom. The Labute approximate surface area is 110 Å². The molecule has 0 aromatic rings. The second kappa shape index (κ2) is 7.90. The summed E-state index contributed by atoms with van der Waals surface area (Å²) in [7, 11) is 0. The first-order chi connectivity index (χ1) is 8.36. The topological polar surface area (TPSA) is 57.6 Å². The molecule has 1 unspecified atom stereocenters. The molecule has 0 aromatic heterocycles. The number of carboxylic acid groups (broad SMARTS) is 1. The van der Waals surface area contributed by atoms with Crippen LogP contribution < -0.4 is 0 Å². The standard InChI is InChI=1S/C14H25NO3/c1-6-8-9-15(10(3)7-2)13(16)11(4)12(5)14(17)18/h10H,6-9H2,1-5H3,(H,17,18). The van der Waals surface area contributed by atoms with Crippen molar-refractivity contribution in [1.29, 1.82) is 0 Å². The van der Waals surface area contributed by atoms with Gasteiger partial charge in [0.2, 0.25) is 5.91 Å². The van der Waals surface area contributed by atoms with Crippen LogP contribution >= 0.6 is 0 Å². The van der Waals surface area contributed by atoms with Crippen LogP contribution in [0.25, 0.3) is 0 Å². The highest BCUT2D eigenvalue weighted by Gasteiger charge is 2.22. The van der Waals surface area contributed by atoms with E-state index >= 15 is 0 Å². The van der Waals surface area contributed by atoms with Crippen LogP contribution in [0.3, 0.4) is 0 Å². The molecule has 0 aliphatic rings. The normalized spacial score (nSPS) is 13.8. The molecule has 0 rings (SSSR count). The van der Waals surface area contributed by atoms with E-state index in [0.29, 0.717) is 12.1 Å². The van der Waals surface area contributed by atoms with Gasteiger partial charge in [0.25, 0.3) is 0 Å². The molecule has 0 aromatic carbocycles. The summed E-state index contributed by atoms with van der Waals surface area (Å²) in [4.78, 5) is 25.0. The third kappa shape index (κ3) is 4.51. The van der Waals surface area contributed by atoms with E-state index in [4.69, 9.17) is 5.11 Å². The van der Waals surface area contributed by atoms with Gasteiger partial charge in [-0.2, -0.15) is 0 Å². The van der Waals surface area contributed by atoms with E-state index in [0.717, 1.165) is 19.3 Å². The zero-order valence-electron chi connectivity index (χ0n) is 12.1. The number of carboxylic acids is 1. The number of carbonyl (C=O) groups excluding carboxylic acids is 1.